The van der Waals surface area contributed by atoms with Crippen LogP contribution in [0.4, 0.5) is 0 Å². The zero-order chi connectivity index (χ0) is 21.7. The van der Waals surface area contributed by atoms with Gasteiger partial charge in [-0.05, 0) is 56.3 Å². The van der Waals surface area contributed by atoms with E-state index in [0.29, 0.717) is 17.1 Å². The average molecular weight is 407 g/mol. The molecular weight excluding hydrogens is 382 g/mol. The number of nitrogens with one attached hydrogen (secondary N) is 1. The predicted molar refractivity (Wildman–Crippen MR) is 116 cm³/mol. The van der Waals surface area contributed by atoms with Crippen molar-refractivity contribution in [3.63, 3.8) is 0 Å². The fourth-order valence-electron chi connectivity index (χ4n) is 3.25. The second kappa shape index (κ2) is 9.17. The van der Waals surface area contributed by atoms with Crippen molar-refractivity contribution in [1.29, 1.82) is 0 Å². The van der Waals surface area contributed by atoms with E-state index in [-0.39, 0.29) is 5.91 Å². The molecule has 1 amide bonds. The van der Waals surface area contributed by atoms with Crippen LogP contribution in [0, 0.1) is 13.8 Å². The monoisotopic (exact) mass is 407 g/mol. The Kier molecular flexibility index (Phi) is 6.41. The number of aromatic nitrogens is 1. The van der Waals surface area contributed by atoms with Crippen molar-refractivity contribution in [2.75, 3.05) is 21.3 Å². The van der Waals surface area contributed by atoms with Crippen LogP contribution in [0.2, 0.25) is 0 Å². The quantitative estimate of drug-likeness (QED) is 0.476. The number of hydrazone groups is 1. The summed E-state index contributed by atoms with van der Waals surface area (Å²) in [6.45, 7) is 4.03. The highest BCUT2D eigenvalue weighted by Crippen LogP contribution is 2.25. The van der Waals surface area contributed by atoms with Crippen molar-refractivity contribution in [2.24, 2.45) is 5.10 Å². The van der Waals surface area contributed by atoms with Gasteiger partial charge in [-0.25, -0.2) is 5.43 Å². The van der Waals surface area contributed by atoms with E-state index in [1.54, 1.807) is 38.6 Å². The molecule has 0 atom stereocenters. The topological polar surface area (TPSA) is 74.1 Å². The van der Waals surface area contributed by atoms with Crippen LogP contribution in [0.1, 0.15) is 27.3 Å². The van der Waals surface area contributed by atoms with Gasteiger partial charge in [0.2, 0.25) is 0 Å². The molecule has 3 rings (SSSR count). The summed E-state index contributed by atoms with van der Waals surface area (Å²) in [7, 11) is 4.70. The first kappa shape index (κ1) is 21.0. The summed E-state index contributed by atoms with van der Waals surface area (Å²) in [5, 5.41) is 4.13. The molecule has 0 radical (unpaired) electrons. The first-order chi connectivity index (χ1) is 14.5. The second-order valence-corrected chi connectivity index (χ2v) is 6.63. The van der Waals surface area contributed by atoms with Gasteiger partial charge >= 0.3 is 0 Å². The number of carbonyl (C=O) groups is 1. The number of ether oxygens (including phenoxy) is 3. The van der Waals surface area contributed by atoms with E-state index in [4.69, 9.17) is 14.2 Å². The maximum absolute atomic E-state index is 12.5. The van der Waals surface area contributed by atoms with Gasteiger partial charge in [0.15, 0.2) is 0 Å². The summed E-state index contributed by atoms with van der Waals surface area (Å²) in [4.78, 5) is 12.5. The molecule has 0 aliphatic rings. The molecule has 0 unspecified atom stereocenters. The molecule has 0 bridgehead atoms. The summed E-state index contributed by atoms with van der Waals surface area (Å²) in [5.74, 6) is 1.46. The van der Waals surface area contributed by atoms with E-state index in [9.17, 15) is 4.79 Å². The highest BCUT2D eigenvalue weighted by molar-refractivity contribution is 5.97. The Bertz CT molecular complexity index is 1070. The van der Waals surface area contributed by atoms with Crippen molar-refractivity contribution < 1.29 is 19.0 Å². The number of hydrogen-bond donors (Lipinski definition) is 1. The fourth-order valence-corrected chi connectivity index (χ4v) is 3.25. The summed E-state index contributed by atoms with van der Waals surface area (Å²) >= 11 is 0. The van der Waals surface area contributed by atoms with E-state index < -0.39 is 0 Å². The number of amides is 1. The van der Waals surface area contributed by atoms with Gasteiger partial charge < -0.3 is 18.8 Å². The summed E-state index contributed by atoms with van der Waals surface area (Å²) < 4.78 is 17.8. The third-order valence-electron chi connectivity index (χ3n) is 4.82. The second-order valence-electron chi connectivity index (χ2n) is 6.63. The van der Waals surface area contributed by atoms with Crippen LogP contribution in [0.3, 0.4) is 0 Å². The van der Waals surface area contributed by atoms with Crippen molar-refractivity contribution in [2.45, 2.75) is 13.8 Å². The molecule has 1 heterocycles. The Labute approximate surface area is 175 Å². The molecule has 2 aromatic carbocycles. The lowest BCUT2D eigenvalue weighted by Crippen LogP contribution is -2.18. The van der Waals surface area contributed by atoms with E-state index in [2.05, 4.69) is 15.1 Å². The lowest BCUT2D eigenvalue weighted by molar-refractivity contribution is 0.0952. The fraction of sp³-hybridized carbons (Fsp3) is 0.217. The summed E-state index contributed by atoms with van der Waals surface area (Å²) in [6.07, 6.45) is 1.64. The first-order valence-corrected chi connectivity index (χ1v) is 9.37. The van der Waals surface area contributed by atoms with Gasteiger partial charge in [-0.3, -0.25) is 4.79 Å². The van der Waals surface area contributed by atoms with Gasteiger partial charge in [0.1, 0.15) is 17.2 Å². The van der Waals surface area contributed by atoms with E-state index in [0.717, 1.165) is 28.4 Å². The molecule has 30 heavy (non-hydrogen) atoms. The number of aryl methyl sites for hydroxylation is 1. The van der Waals surface area contributed by atoms with E-state index in [1.165, 1.54) is 7.11 Å². The van der Waals surface area contributed by atoms with Crippen LogP contribution in [-0.2, 0) is 0 Å². The number of methoxy groups -OCH3 is 3. The molecule has 0 aliphatic carbocycles. The minimum absolute atomic E-state index is 0.366. The molecule has 7 nitrogen and oxygen atoms in total. The van der Waals surface area contributed by atoms with Crippen molar-refractivity contribution in [1.82, 2.24) is 9.99 Å². The van der Waals surface area contributed by atoms with Crippen molar-refractivity contribution >= 4 is 12.1 Å². The molecule has 0 aliphatic heterocycles. The SMILES string of the molecule is COc1ccc(-n2c(C)cc(C=NNC(=O)c3ccc(OC)cc3OC)c2C)cc1. The zero-order valence-electron chi connectivity index (χ0n) is 17.7. The summed E-state index contributed by atoms with van der Waals surface area (Å²) in [5.41, 5.74) is 6.93. The molecule has 1 aromatic heterocycles. The molecule has 0 fully saturated rings. The molecule has 7 heteroatoms. The molecule has 156 valence electrons. The van der Waals surface area contributed by atoms with Crippen LogP contribution >= 0.6 is 0 Å². The zero-order valence-corrected chi connectivity index (χ0v) is 17.7. The van der Waals surface area contributed by atoms with Gasteiger partial charge in [-0.15, -0.1) is 0 Å². The molecular formula is C23H25N3O4. The number of hydrogen-bond acceptors (Lipinski definition) is 5. The van der Waals surface area contributed by atoms with Crippen LogP contribution < -0.4 is 19.6 Å². The van der Waals surface area contributed by atoms with Crippen LogP contribution in [0.15, 0.2) is 53.6 Å². The average Bonchev–Trinajstić information content (AvgIpc) is 3.06. The Morgan fingerprint density at radius 2 is 1.60 bits per heavy atom. The maximum Gasteiger partial charge on any atom is 0.275 e. The van der Waals surface area contributed by atoms with Gasteiger partial charge in [0.25, 0.3) is 5.91 Å². The largest absolute Gasteiger partial charge is 0.497 e. The van der Waals surface area contributed by atoms with E-state index >= 15 is 0 Å². The maximum atomic E-state index is 12.5. The Hall–Kier alpha value is -3.74. The summed E-state index contributed by atoms with van der Waals surface area (Å²) in [6, 6.07) is 14.8. The smallest absolute Gasteiger partial charge is 0.275 e. The Morgan fingerprint density at radius 3 is 2.23 bits per heavy atom. The third-order valence-corrected chi connectivity index (χ3v) is 4.82. The van der Waals surface area contributed by atoms with Gasteiger partial charge in [0, 0.05) is 28.7 Å². The van der Waals surface area contributed by atoms with E-state index in [1.807, 2.05) is 44.2 Å². The lowest BCUT2D eigenvalue weighted by Gasteiger charge is -2.10. The highest BCUT2D eigenvalue weighted by Gasteiger charge is 2.13. The third kappa shape index (κ3) is 4.30. The molecule has 0 spiro atoms. The van der Waals surface area contributed by atoms with Crippen molar-refractivity contribution in [3.8, 4) is 22.9 Å². The van der Waals surface area contributed by atoms with Gasteiger partial charge in [-0.1, -0.05) is 0 Å². The van der Waals surface area contributed by atoms with Gasteiger partial charge in [0.05, 0.1) is 33.1 Å². The normalized spacial score (nSPS) is 10.8. The number of nitrogens with zero attached hydrogens (tertiary/aromatic N) is 2. The standard InChI is InChI=1S/C23H25N3O4/c1-15-12-17(16(2)26(15)18-6-8-19(28-3)9-7-18)14-24-25-23(27)21-11-10-20(29-4)13-22(21)30-5/h6-14H,1-5H3,(H,25,27). The lowest BCUT2D eigenvalue weighted by atomic mass is 10.2. The molecule has 1 N–H and O–H groups in total. The van der Waals surface area contributed by atoms with Crippen LogP contribution in [0.5, 0.6) is 17.2 Å². The molecule has 0 saturated heterocycles. The predicted octanol–water partition coefficient (Wildman–Crippen LogP) is 3.88. The first-order valence-electron chi connectivity index (χ1n) is 9.37. The van der Waals surface area contributed by atoms with Gasteiger partial charge in [-0.2, -0.15) is 5.10 Å². The van der Waals surface area contributed by atoms with Crippen LogP contribution in [-0.4, -0.2) is 38.0 Å². The van der Waals surface area contributed by atoms with Crippen LogP contribution in [0.25, 0.3) is 5.69 Å². The number of benzene rings is 2. The molecule has 3 aromatic rings. The Morgan fingerprint density at radius 1 is 0.933 bits per heavy atom. The minimum Gasteiger partial charge on any atom is -0.497 e. The number of carbonyl (C=O) groups excluding carboxylic acids is 1. The van der Waals surface area contributed by atoms with Crippen molar-refractivity contribution in [3.05, 3.63) is 71.0 Å². The minimum atomic E-state index is -0.366. The highest BCUT2D eigenvalue weighted by atomic mass is 16.5. The number of rotatable bonds is 7. The Balaban J connectivity index is 1.78. The molecule has 0 saturated carbocycles.